The molecule has 0 fully saturated rings. The summed E-state index contributed by atoms with van der Waals surface area (Å²) in [6.45, 7) is 8.13. The zero-order chi connectivity index (χ0) is 20.5. The Kier molecular flexibility index (Phi) is 8.49. The SMILES string of the molecule is CCC(C)Oc1cc(CCCCc2ccc(O)c(OC(C)CC)c2)ccc1O. The van der Waals surface area contributed by atoms with Crippen molar-refractivity contribution >= 4 is 0 Å². The molecule has 2 rings (SSSR count). The second-order valence-electron chi connectivity index (χ2n) is 7.48. The number of hydrogen-bond donors (Lipinski definition) is 2. The Balaban J connectivity index is 1.87. The van der Waals surface area contributed by atoms with Gasteiger partial charge in [-0.15, -0.1) is 0 Å². The van der Waals surface area contributed by atoms with E-state index in [0.29, 0.717) is 11.5 Å². The summed E-state index contributed by atoms with van der Waals surface area (Å²) in [4.78, 5) is 0. The van der Waals surface area contributed by atoms with E-state index < -0.39 is 0 Å². The van der Waals surface area contributed by atoms with Crippen molar-refractivity contribution in [2.24, 2.45) is 0 Å². The molecule has 4 nitrogen and oxygen atoms in total. The number of phenolic OH excluding ortho intramolecular Hbond substituents is 2. The summed E-state index contributed by atoms with van der Waals surface area (Å²) in [5.41, 5.74) is 2.34. The van der Waals surface area contributed by atoms with Crippen LogP contribution in [-0.2, 0) is 12.8 Å². The fourth-order valence-electron chi connectivity index (χ4n) is 2.88. The lowest BCUT2D eigenvalue weighted by atomic mass is 10.0. The van der Waals surface area contributed by atoms with Crippen LogP contribution in [0.4, 0.5) is 0 Å². The number of benzene rings is 2. The molecule has 0 aliphatic rings. The predicted molar refractivity (Wildman–Crippen MR) is 114 cm³/mol. The highest BCUT2D eigenvalue weighted by atomic mass is 16.5. The highest BCUT2D eigenvalue weighted by molar-refractivity contribution is 5.43. The molecule has 4 heteroatoms. The Hall–Kier alpha value is -2.36. The van der Waals surface area contributed by atoms with E-state index in [2.05, 4.69) is 13.8 Å². The van der Waals surface area contributed by atoms with Gasteiger partial charge in [0.05, 0.1) is 12.2 Å². The molecule has 2 N–H and O–H groups in total. The molecular formula is C24H34O4. The summed E-state index contributed by atoms with van der Waals surface area (Å²) in [7, 11) is 0. The molecule has 28 heavy (non-hydrogen) atoms. The third-order valence-corrected chi connectivity index (χ3v) is 5.04. The number of phenols is 2. The summed E-state index contributed by atoms with van der Waals surface area (Å²) in [5.74, 6) is 1.53. The third kappa shape index (κ3) is 6.66. The molecule has 154 valence electrons. The lowest BCUT2D eigenvalue weighted by molar-refractivity contribution is 0.208. The first-order valence-electron chi connectivity index (χ1n) is 10.4. The maximum Gasteiger partial charge on any atom is 0.161 e. The number of aryl methyl sites for hydroxylation is 2. The molecule has 2 aromatic rings. The molecule has 0 spiro atoms. The topological polar surface area (TPSA) is 58.9 Å². The summed E-state index contributed by atoms with van der Waals surface area (Å²) >= 11 is 0. The molecule has 0 bridgehead atoms. The first-order valence-corrected chi connectivity index (χ1v) is 10.4. The lowest BCUT2D eigenvalue weighted by Gasteiger charge is -2.15. The zero-order valence-electron chi connectivity index (χ0n) is 17.6. The molecule has 2 unspecified atom stereocenters. The van der Waals surface area contributed by atoms with Crippen LogP contribution < -0.4 is 9.47 Å². The number of unbranched alkanes of at least 4 members (excludes halogenated alkanes) is 1. The quantitative estimate of drug-likeness (QED) is 0.464. The molecule has 0 aliphatic carbocycles. The van der Waals surface area contributed by atoms with E-state index >= 15 is 0 Å². The first-order chi connectivity index (χ1) is 13.4. The van der Waals surface area contributed by atoms with Gasteiger partial charge in [-0.1, -0.05) is 26.0 Å². The van der Waals surface area contributed by atoms with Crippen LogP contribution in [0.2, 0.25) is 0 Å². The molecule has 0 amide bonds. The summed E-state index contributed by atoms with van der Waals surface area (Å²) < 4.78 is 11.6. The van der Waals surface area contributed by atoms with E-state index in [9.17, 15) is 10.2 Å². The Labute approximate surface area is 169 Å². The van der Waals surface area contributed by atoms with Crippen molar-refractivity contribution < 1.29 is 19.7 Å². The largest absolute Gasteiger partial charge is 0.504 e. The van der Waals surface area contributed by atoms with Crippen LogP contribution in [0, 0.1) is 0 Å². The molecule has 2 aromatic carbocycles. The van der Waals surface area contributed by atoms with Gasteiger partial charge in [-0.05, 0) is 87.8 Å². The van der Waals surface area contributed by atoms with E-state index in [1.165, 1.54) is 11.1 Å². The Morgan fingerprint density at radius 1 is 0.714 bits per heavy atom. The highest BCUT2D eigenvalue weighted by Gasteiger charge is 2.09. The standard InChI is InChI=1S/C24H34O4/c1-5-17(3)27-23-15-19(11-13-21(23)25)9-7-8-10-20-12-14-22(26)24(16-20)28-18(4)6-2/h11-18,25-26H,5-10H2,1-4H3. The fourth-order valence-corrected chi connectivity index (χ4v) is 2.88. The zero-order valence-corrected chi connectivity index (χ0v) is 17.6. The van der Waals surface area contributed by atoms with Crippen molar-refractivity contribution in [1.29, 1.82) is 0 Å². The van der Waals surface area contributed by atoms with Crippen LogP contribution in [0.5, 0.6) is 23.0 Å². The van der Waals surface area contributed by atoms with E-state index in [1.807, 2.05) is 38.1 Å². The van der Waals surface area contributed by atoms with Crippen molar-refractivity contribution in [2.45, 2.75) is 78.4 Å². The normalized spacial score (nSPS) is 13.1. The number of aromatic hydroxyl groups is 2. The van der Waals surface area contributed by atoms with Crippen molar-refractivity contribution in [1.82, 2.24) is 0 Å². The summed E-state index contributed by atoms with van der Waals surface area (Å²) in [6, 6.07) is 11.2. The van der Waals surface area contributed by atoms with Crippen LogP contribution in [0.25, 0.3) is 0 Å². The maximum absolute atomic E-state index is 9.97. The highest BCUT2D eigenvalue weighted by Crippen LogP contribution is 2.30. The van der Waals surface area contributed by atoms with Gasteiger partial charge in [0.25, 0.3) is 0 Å². The minimum atomic E-state index is 0.0856. The van der Waals surface area contributed by atoms with Crippen molar-refractivity contribution in [3.63, 3.8) is 0 Å². The van der Waals surface area contributed by atoms with E-state index in [1.54, 1.807) is 12.1 Å². The van der Waals surface area contributed by atoms with Crippen LogP contribution in [0.3, 0.4) is 0 Å². The van der Waals surface area contributed by atoms with E-state index in [-0.39, 0.29) is 23.7 Å². The Morgan fingerprint density at radius 2 is 1.11 bits per heavy atom. The first kappa shape index (κ1) is 21.9. The molecule has 0 saturated heterocycles. The van der Waals surface area contributed by atoms with Crippen molar-refractivity contribution in [2.75, 3.05) is 0 Å². The van der Waals surface area contributed by atoms with Gasteiger partial charge >= 0.3 is 0 Å². The molecule has 0 saturated carbocycles. The van der Waals surface area contributed by atoms with E-state index in [0.717, 1.165) is 38.5 Å². The van der Waals surface area contributed by atoms with Crippen LogP contribution in [0.15, 0.2) is 36.4 Å². The molecule has 0 radical (unpaired) electrons. The van der Waals surface area contributed by atoms with Gasteiger partial charge in [0, 0.05) is 0 Å². The van der Waals surface area contributed by atoms with Gasteiger partial charge in [0.15, 0.2) is 23.0 Å². The van der Waals surface area contributed by atoms with E-state index in [4.69, 9.17) is 9.47 Å². The lowest BCUT2D eigenvalue weighted by Crippen LogP contribution is -2.10. The van der Waals surface area contributed by atoms with Gasteiger partial charge in [-0.2, -0.15) is 0 Å². The Morgan fingerprint density at radius 3 is 1.46 bits per heavy atom. The molecular weight excluding hydrogens is 352 g/mol. The van der Waals surface area contributed by atoms with Crippen LogP contribution in [-0.4, -0.2) is 22.4 Å². The minimum absolute atomic E-state index is 0.0856. The van der Waals surface area contributed by atoms with Crippen LogP contribution in [0.1, 0.15) is 64.5 Å². The second-order valence-corrected chi connectivity index (χ2v) is 7.48. The third-order valence-electron chi connectivity index (χ3n) is 5.04. The number of hydrogen-bond acceptors (Lipinski definition) is 4. The predicted octanol–water partition coefficient (Wildman–Crippen LogP) is 6.02. The average molecular weight is 387 g/mol. The molecule has 2 atom stereocenters. The van der Waals surface area contributed by atoms with Crippen molar-refractivity contribution in [3.05, 3.63) is 47.5 Å². The maximum atomic E-state index is 9.97. The minimum Gasteiger partial charge on any atom is -0.504 e. The number of rotatable bonds is 11. The smallest absolute Gasteiger partial charge is 0.161 e. The van der Waals surface area contributed by atoms with Gasteiger partial charge in [0.1, 0.15) is 0 Å². The summed E-state index contributed by atoms with van der Waals surface area (Å²) in [6.07, 6.45) is 5.92. The fraction of sp³-hybridized carbons (Fsp3) is 0.500. The molecule has 0 heterocycles. The Bertz CT molecular complexity index is 678. The molecule has 0 aliphatic heterocycles. The monoisotopic (exact) mass is 386 g/mol. The van der Waals surface area contributed by atoms with Gasteiger partial charge in [0.2, 0.25) is 0 Å². The second kappa shape index (κ2) is 10.8. The molecule has 0 aromatic heterocycles. The van der Waals surface area contributed by atoms with Crippen LogP contribution >= 0.6 is 0 Å². The van der Waals surface area contributed by atoms with Gasteiger partial charge in [-0.3, -0.25) is 0 Å². The average Bonchev–Trinajstić information content (AvgIpc) is 2.69. The van der Waals surface area contributed by atoms with Gasteiger partial charge < -0.3 is 19.7 Å². The van der Waals surface area contributed by atoms with Gasteiger partial charge in [-0.25, -0.2) is 0 Å². The summed E-state index contributed by atoms with van der Waals surface area (Å²) in [5, 5.41) is 19.9. The van der Waals surface area contributed by atoms with Crippen molar-refractivity contribution in [3.8, 4) is 23.0 Å². The number of ether oxygens (including phenoxy) is 2.